The number of carbonyl (C=O) groups excluding carboxylic acids is 2. The zero-order chi connectivity index (χ0) is 27.9. The predicted molar refractivity (Wildman–Crippen MR) is 156 cm³/mol. The molecule has 0 radical (unpaired) electrons. The fourth-order valence-corrected chi connectivity index (χ4v) is 5.43. The Hall–Kier alpha value is -4.45. The molecule has 3 aromatic carbocycles. The lowest BCUT2D eigenvalue weighted by Crippen LogP contribution is -2.39. The molecule has 0 aliphatic heterocycles. The van der Waals surface area contributed by atoms with E-state index in [1.807, 2.05) is 36.4 Å². The number of pyridine rings is 1. The summed E-state index contributed by atoms with van der Waals surface area (Å²) in [6.07, 6.45) is 5.86. The third kappa shape index (κ3) is 6.07. The van der Waals surface area contributed by atoms with E-state index < -0.39 is 17.9 Å². The Bertz CT molecular complexity index is 1530. The van der Waals surface area contributed by atoms with Gasteiger partial charge in [-0.3, -0.25) is 9.59 Å². The summed E-state index contributed by atoms with van der Waals surface area (Å²) in [5.41, 5.74) is 5.54. The molecule has 1 aliphatic carbocycles. The Morgan fingerprint density at radius 3 is 2.12 bits per heavy atom. The van der Waals surface area contributed by atoms with Gasteiger partial charge in [0.05, 0.1) is 13.7 Å². The summed E-state index contributed by atoms with van der Waals surface area (Å²) in [4.78, 5) is 40.1. The smallest absolute Gasteiger partial charge is 0.333 e. The fourth-order valence-electron chi connectivity index (χ4n) is 5.43. The highest BCUT2D eigenvalue weighted by atomic mass is 16.5. The van der Waals surface area contributed by atoms with Gasteiger partial charge < -0.3 is 14.6 Å². The molecule has 1 heterocycles. The molecule has 6 heteroatoms. The van der Waals surface area contributed by atoms with Crippen molar-refractivity contribution in [2.75, 3.05) is 7.11 Å². The lowest BCUT2D eigenvalue weighted by molar-refractivity contribution is -0.143. The molecular weight excluding hydrogens is 500 g/mol. The third-order valence-electron chi connectivity index (χ3n) is 7.59. The minimum absolute atomic E-state index is 0.0464. The van der Waals surface area contributed by atoms with E-state index in [-0.39, 0.29) is 11.1 Å². The van der Waals surface area contributed by atoms with Crippen LogP contribution in [0.2, 0.25) is 0 Å². The van der Waals surface area contributed by atoms with Crippen molar-refractivity contribution in [2.24, 2.45) is 0 Å². The summed E-state index contributed by atoms with van der Waals surface area (Å²) in [5, 5.41) is 2.77. The van der Waals surface area contributed by atoms with Gasteiger partial charge in [0.15, 0.2) is 6.04 Å². The molecule has 1 amide bonds. The molecule has 1 atom stereocenters. The van der Waals surface area contributed by atoms with Crippen LogP contribution in [-0.2, 0) is 28.9 Å². The molecular formula is C34H34N2O4. The van der Waals surface area contributed by atoms with Crippen molar-refractivity contribution in [1.82, 2.24) is 9.88 Å². The van der Waals surface area contributed by atoms with E-state index in [0.29, 0.717) is 12.1 Å². The molecule has 0 fully saturated rings. The molecule has 0 unspecified atom stereocenters. The summed E-state index contributed by atoms with van der Waals surface area (Å²) in [6, 6.07) is 28.0. The number of amides is 1. The van der Waals surface area contributed by atoms with Gasteiger partial charge in [-0.05, 0) is 59.6 Å². The van der Waals surface area contributed by atoms with Crippen molar-refractivity contribution in [3.05, 3.63) is 129 Å². The number of nitrogens with zero attached hydrogens (tertiary/aromatic N) is 1. The molecule has 204 valence electrons. The van der Waals surface area contributed by atoms with E-state index in [1.165, 1.54) is 7.11 Å². The van der Waals surface area contributed by atoms with E-state index in [0.717, 1.165) is 66.5 Å². The van der Waals surface area contributed by atoms with Crippen molar-refractivity contribution < 1.29 is 14.3 Å². The summed E-state index contributed by atoms with van der Waals surface area (Å²) in [7, 11) is 1.28. The van der Waals surface area contributed by atoms with Crippen molar-refractivity contribution >= 4 is 11.9 Å². The van der Waals surface area contributed by atoms with Crippen LogP contribution in [0.5, 0.6) is 0 Å². The number of methoxy groups -OCH3 is 1. The number of benzene rings is 3. The van der Waals surface area contributed by atoms with E-state index in [4.69, 9.17) is 4.74 Å². The maximum absolute atomic E-state index is 13.9. The van der Waals surface area contributed by atoms with Gasteiger partial charge in [-0.15, -0.1) is 0 Å². The second kappa shape index (κ2) is 12.6. The summed E-state index contributed by atoms with van der Waals surface area (Å²) in [6.45, 7) is 0.371. The Labute approximate surface area is 234 Å². The summed E-state index contributed by atoms with van der Waals surface area (Å²) < 4.78 is 6.73. The molecule has 0 bridgehead atoms. The molecule has 40 heavy (non-hydrogen) atoms. The van der Waals surface area contributed by atoms with Crippen LogP contribution >= 0.6 is 0 Å². The van der Waals surface area contributed by atoms with Gasteiger partial charge in [-0.2, -0.15) is 0 Å². The van der Waals surface area contributed by atoms with Crippen molar-refractivity contribution in [2.45, 2.75) is 51.1 Å². The molecule has 0 spiro atoms. The number of hydrogen-bond donors (Lipinski definition) is 1. The first-order valence-corrected chi connectivity index (χ1v) is 13.9. The number of rotatable bonds is 7. The first-order valence-electron chi connectivity index (χ1n) is 13.9. The standard InChI is InChI=1S/C34H34N2O4/c1-40-34(39)31(27-14-9-5-10-15-27)35-32(37)29-22-28-16-6-2-3-11-17-30(28)36(33(29)38)23-24-18-20-26(21-19-24)25-12-7-4-8-13-25/h4-5,7-10,12-15,18-22,31H,2-3,6,11,16-17,23H2,1H3,(H,35,37)/t31-/m1/s1. The Morgan fingerprint density at radius 2 is 1.45 bits per heavy atom. The maximum atomic E-state index is 13.9. The van der Waals surface area contributed by atoms with Crippen LogP contribution in [0, 0.1) is 0 Å². The van der Waals surface area contributed by atoms with Gasteiger partial charge in [-0.1, -0.05) is 97.8 Å². The van der Waals surface area contributed by atoms with Gasteiger partial charge in [-0.25, -0.2) is 4.79 Å². The van der Waals surface area contributed by atoms with Crippen LogP contribution in [0.1, 0.15) is 64.5 Å². The number of aryl methyl sites for hydroxylation is 1. The van der Waals surface area contributed by atoms with E-state index in [1.54, 1.807) is 34.9 Å². The van der Waals surface area contributed by atoms with Crippen molar-refractivity contribution in [3.8, 4) is 11.1 Å². The molecule has 6 nitrogen and oxygen atoms in total. The number of ether oxygens (including phenoxy) is 1. The van der Waals surface area contributed by atoms with Crippen molar-refractivity contribution in [3.63, 3.8) is 0 Å². The highest BCUT2D eigenvalue weighted by Gasteiger charge is 2.27. The SMILES string of the molecule is COC(=O)[C@H](NC(=O)c1cc2c(n(Cc3ccc(-c4ccccc4)cc3)c1=O)CCCCCC2)c1ccccc1. The minimum atomic E-state index is -1.01. The van der Waals surface area contributed by atoms with Gasteiger partial charge in [0.2, 0.25) is 0 Å². The number of carbonyl (C=O) groups is 2. The van der Waals surface area contributed by atoms with Crippen LogP contribution in [-0.4, -0.2) is 23.6 Å². The van der Waals surface area contributed by atoms with Crippen LogP contribution in [0.25, 0.3) is 11.1 Å². The molecule has 4 aromatic rings. The van der Waals surface area contributed by atoms with Crippen LogP contribution in [0.4, 0.5) is 0 Å². The molecule has 1 aliphatic rings. The quantitative estimate of drug-likeness (QED) is 0.301. The maximum Gasteiger partial charge on any atom is 0.333 e. The van der Waals surface area contributed by atoms with Gasteiger partial charge in [0.25, 0.3) is 11.5 Å². The van der Waals surface area contributed by atoms with E-state index in [2.05, 4.69) is 29.6 Å². The number of esters is 1. The van der Waals surface area contributed by atoms with Gasteiger partial charge in [0, 0.05) is 5.69 Å². The lowest BCUT2D eigenvalue weighted by Gasteiger charge is -2.22. The zero-order valence-electron chi connectivity index (χ0n) is 22.8. The predicted octanol–water partition coefficient (Wildman–Crippen LogP) is 5.87. The number of hydrogen-bond acceptors (Lipinski definition) is 4. The molecule has 0 saturated heterocycles. The zero-order valence-corrected chi connectivity index (χ0v) is 22.8. The average molecular weight is 535 g/mol. The van der Waals surface area contributed by atoms with E-state index in [9.17, 15) is 14.4 Å². The molecule has 0 saturated carbocycles. The number of fused-ring (bicyclic) bond motifs is 1. The highest BCUT2D eigenvalue weighted by molar-refractivity contribution is 5.97. The first kappa shape index (κ1) is 27.1. The second-order valence-electron chi connectivity index (χ2n) is 10.2. The lowest BCUT2D eigenvalue weighted by atomic mass is 9.95. The Morgan fingerprint density at radius 1 is 0.825 bits per heavy atom. The Balaban J connectivity index is 1.51. The minimum Gasteiger partial charge on any atom is -0.467 e. The summed E-state index contributed by atoms with van der Waals surface area (Å²) in [5.74, 6) is -1.17. The normalized spacial score (nSPS) is 13.8. The molecule has 1 aromatic heterocycles. The fraction of sp³-hybridized carbons (Fsp3) is 0.265. The average Bonchev–Trinajstić information content (AvgIpc) is 2.98. The monoisotopic (exact) mass is 534 g/mol. The summed E-state index contributed by atoms with van der Waals surface area (Å²) >= 11 is 0. The third-order valence-corrected chi connectivity index (χ3v) is 7.59. The Kier molecular flexibility index (Phi) is 8.55. The van der Waals surface area contributed by atoms with Crippen LogP contribution < -0.4 is 10.9 Å². The van der Waals surface area contributed by atoms with E-state index >= 15 is 0 Å². The van der Waals surface area contributed by atoms with Crippen LogP contribution in [0.15, 0.2) is 95.8 Å². The number of aromatic nitrogens is 1. The van der Waals surface area contributed by atoms with Gasteiger partial charge >= 0.3 is 5.97 Å². The topological polar surface area (TPSA) is 77.4 Å². The first-order chi connectivity index (χ1) is 19.5. The van der Waals surface area contributed by atoms with Crippen LogP contribution in [0.3, 0.4) is 0 Å². The highest BCUT2D eigenvalue weighted by Crippen LogP contribution is 2.23. The van der Waals surface area contributed by atoms with Gasteiger partial charge in [0.1, 0.15) is 5.56 Å². The molecule has 1 N–H and O–H groups in total. The number of nitrogens with one attached hydrogen (secondary N) is 1. The van der Waals surface area contributed by atoms with Crippen molar-refractivity contribution in [1.29, 1.82) is 0 Å². The molecule has 5 rings (SSSR count). The largest absolute Gasteiger partial charge is 0.467 e. The second-order valence-corrected chi connectivity index (χ2v) is 10.2.